The maximum atomic E-state index is 8.72. The van der Waals surface area contributed by atoms with Gasteiger partial charge in [0.05, 0.1) is 17.7 Å². The molecular formula is C14H15NO. The van der Waals surface area contributed by atoms with Gasteiger partial charge in [0.2, 0.25) is 0 Å². The minimum atomic E-state index is 0.240. The van der Waals surface area contributed by atoms with Crippen LogP contribution in [0.5, 0.6) is 0 Å². The first-order chi connectivity index (χ1) is 7.70. The summed E-state index contributed by atoms with van der Waals surface area (Å²) in [5.74, 6) is 1.11. The van der Waals surface area contributed by atoms with E-state index < -0.39 is 0 Å². The van der Waals surface area contributed by atoms with Crippen molar-refractivity contribution in [3.63, 3.8) is 0 Å². The largest absolute Gasteiger partial charge is 0.495 e. The third kappa shape index (κ3) is 2.09. The molecule has 1 aromatic carbocycles. The van der Waals surface area contributed by atoms with Crippen LogP contribution in [0.1, 0.15) is 37.8 Å². The summed E-state index contributed by atoms with van der Waals surface area (Å²) in [7, 11) is 0. The molecule has 0 aliphatic heterocycles. The first-order valence-electron chi connectivity index (χ1n) is 5.60. The predicted octanol–water partition coefficient (Wildman–Crippen LogP) is 3.49. The minimum absolute atomic E-state index is 0.240. The molecule has 0 atom stereocenters. The Morgan fingerprint density at radius 3 is 2.31 bits per heavy atom. The van der Waals surface area contributed by atoms with Crippen molar-refractivity contribution in [1.82, 2.24) is 0 Å². The molecule has 16 heavy (non-hydrogen) atoms. The zero-order chi connectivity index (χ0) is 11.5. The summed E-state index contributed by atoms with van der Waals surface area (Å²) < 4.78 is 5.72. The van der Waals surface area contributed by atoms with E-state index in [1.165, 1.54) is 11.1 Å². The van der Waals surface area contributed by atoms with Crippen LogP contribution in [-0.2, 0) is 4.74 Å². The Bertz CT molecular complexity index is 449. The lowest BCUT2D eigenvalue weighted by molar-refractivity contribution is 0.133. The number of rotatable bonds is 3. The fourth-order valence-corrected chi connectivity index (χ4v) is 1.82. The monoisotopic (exact) mass is 213 g/mol. The van der Waals surface area contributed by atoms with Crippen LogP contribution < -0.4 is 0 Å². The van der Waals surface area contributed by atoms with Gasteiger partial charge in [-0.15, -0.1) is 0 Å². The molecule has 2 rings (SSSR count). The molecule has 0 saturated heterocycles. The van der Waals surface area contributed by atoms with Crippen LogP contribution in [0.25, 0.3) is 5.57 Å². The molecule has 0 fully saturated rings. The van der Waals surface area contributed by atoms with E-state index in [-0.39, 0.29) is 6.10 Å². The first kappa shape index (κ1) is 10.8. The van der Waals surface area contributed by atoms with Crippen LogP contribution in [0.15, 0.2) is 30.0 Å². The first-order valence-corrected chi connectivity index (χ1v) is 5.60. The smallest absolute Gasteiger partial charge is 0.100 e. The Morgan fingerprint density at radius 1 is 1.19 bits per heavy atom. The van der Waals surface area contributed by atoms with Gasteiger partial charge in [0.15, 0.2) is 0 Å². The lowest BCUT2D eigenvalue weighted by atomic mass is 9.89. The Hall–Kier alpha value is -1.75. The molecule has 0 spiro atoms. The topological polar surface area (TPSA) is 33.0 Å². The van der Waals surface area contributed by atoms with Gasteiger partial charge in [-0.25, -0.2) is 0 Å². The summed E-state index contributed by atoms with van der Waals surface area (Å²) in [4.78, 5) is 0. The van der Waals surface area contributed by atoms with Gasteiger partial charge >= 0.3 is 0 Å². The maximum absolute atomic E-state index is 8.72. The van der Waals surface area contributed by atoms with E-state index in [0.29, 0.717) is 5.56 Å². The molecule has 1 aromatic rings. The highest BCUT2D eigenvalue weighted by molar-refractivity contribution is 5.72. The van der Waals surface area contributed by atoms with E-state index in [1.54, 1.807) is 0 Å². The van der Waals surface area contributed by atoms with Crippen molar-refractivity contribution in [2.75, 3.05) is 0 Å². The van der Waals surface area contributed by atoms with Gasteiger partial charge in [0.1, 0.15) is 5.76 Å². The number of nitriles is 1. The summed E-state index contributed by atoms with van der Waals surface area (Å²) >= 11 is 0. The Kier molecular flexibility index (Phi) is 2.96. The fraction of sp³-hybridized carbons (Fsp3) is 0.357. The van der Waals surface area contributed by atoms with Gasteiger partial charge in [-0.3, -0.25) is 0 Å². The van der Waals surface area contributed by atoms with E-state index in [4.69, 9.17) is 10.00 Å². The van der Waals surface area contributed by atoms with Crippen molar-refractivity contribution in [2.24, 2.45) is 0 Å². The van der Waals surface area contributed by atoms with Crippen molar-refractivity contribution in [2.45, 2.75) is 32.8 Å². The van der Waals surface area contributed by atoms with Crippen LogP contribution in [0.4, 0.5) is 0 Å². The lowest BCUT2D eigenvalue weighted by Crippen LogP contribution is -2.11. The standard InChI is InChI=1S/C14H15NO/c1-10(2)16-14-8-7-13(14)12-5-3-11(9-15)4-6-12/h3-6,10H,7-8H2,1-2H3. The molecule has 0 N–H and O–H groups in total. The van der Waals surface area contributed by atoms with Gasteiger partial charge in [0.25, 0.3) is 0 Å². The second kappa shape index (κ2) is 4.40. The van der Waals surface area contributed by atoms with Gasteiger partial charge in [-0.1, -0.05) is 12.1 Å². The van der Waals surface area contributed by atoms with Crippen LogP contribution in [0, 0.1) is 11.3 Å². The van der Waals surface area contributed by atoms with Crippen molar-refractivity contribution >= 4 is 5.57 Å². The van der Waals surface area contributed by atoms with Gasteiger partial charge < -0.3 is 4.74 Å². The molecule has 0 saturated carbocycles. The summed E-state index contributed by atoms with van der Waals surface area (Å²) in [6.45, 7) is 4.09. The molecule has 2 heteroatoms. The number of ether oxygens (including phenoxy) is 1. The Balaban J connectivity index is 2.21. The zero-order valence-corrected chi connectivity index (χ0v) is 9.66. The summed E-state index contributed by atoms with van der Waals surface area (Å²) in [5, 5.41) is 8.72. The molecule has 0 amide bonds. The van der Waals surface area contributed by atoms with Gasteiger partial charge in [-0.2, -0.15) is 5.26 Å². The van der Waals surface area contributed by atoms with Crippen LogP contribution in [-0.4, -0.2) is 6.10 Å². The van der Waals surface area contributed by atoms with Gasteiger partial charge in [-0.05, 0) is 43.5 Å². The molecule has 1 aliphatic rings. The van der Waals surface area contributed by atoms with E-state index in [0.717, 1.165) is 18.6 Å². The van der Waals surface area contributed by atoms with Crippen LogP contribution in [0.2, 0.25) is 0 Å². The minimum Gasteiger partial charge on any atom is -0.495 e. The number of hydrogen-bond donors (Lipinski definition) is 0. The molecule has 0 radical (unpaired) electrons. The highest BCUT2D eigenvalue weighted by Gasteiger charge is 2.20. The maximum Gasteiger partial charge on any atom is 0.100 e. The lowest BCUT2D eigenvalue weighted by Gasteiger charge is -2.26. The molecule has 0 heterocycles. The molecule has 82 valence electrons. The second-order valence-electron chi connectivity index (χ2n) is 4.26. The third-order valence-electron chi connectivity index (χ3n) is 2.68. The van der Waals surface area contributed by atoms with Crippen molar-refractivity contribution in [3.8, 4) is 6.07 Å². The second-order valence-corrected chi connectivity index (χ2v) is 4.26. The Morgan fingerprint density at radius 2 is 1.88 bits per heavy atom. The molecule has 0 unspecified atom stereocenters. The molecule has 0 bridgehead atoms. The van der Waals surface area contributed by atoms with Gasteiger partial charge in [0, 0.05) is 6.42 Å². The Labute approximate surface area is 96.2 Å². The quantitative estimate of drug-likeness (QED) is 0.770. The van der Waals surface area contributed by atoms with Crippen LogP contribution >= 0.6 is 0 Å². The molecule has 0 aromatic heterocycles. The number of allylic oxidation sites excluding steroid dienone is 2. The average Bonchev–Trinajstić information content (AvgIpc) is 2.25. The van der Waals surface area contributed by atoms with E-state index >= 15 is 0 Å². The van der Waals surface area contributed by atoms with Crippen molar-refractivity contribution < 1.29 is 4.74 Å². The number of nitrogens with zero attached hydrogens (tertiary/aromatic N) is 1. The summed E-state index contributed by atoms with van der Waals surface area (Å²) in [6, 6.07) is 9.83. The molecule has 2 nitrogen and oxygen atoms in total. The number of benzene rings is 1. The summed E-state index contributed by atoms with van der Waals surface area (Å²) in [6.07, 6.45) is 2.35. The van der Waals surface area contributed by atoms with Crippen LogP contribution in [0.3, 0.4) is 0 Å². The van der Waals surface area contributed by atoms with E-state index in [9.17, 15) is 0 Å². The van der Waals surface area contributed by atoms with Crippen molar-refractivity contribution in [1.29, 1.82) is 5.26 Å². The molecular weight excluding hydrogens is 198 g/mol. The van der Waals surface area contributed by atoms with Crippen molar-refractivity contribution in [3.05, 3.63) is 41.2 Å². The highest BCUT2D eigenvalue weighted by atomic mass is 16.5. The number of hydrogen-bond acceptors (Lipinski definition) is 2. The highest BCUT2D eigenvalue weighted by Crippen LogP contribution is 2.37. The fourth-order valence-electron chi connectivity index (χ4n) is 1.82. The third-order valence-corrected chi connectivity index (χ3v) is 2.68. The van der Waals surface area contributed by atoms with E-state index in [2.05, 4.69) is 6.07 Å². The average molecular weight is 213 g/mol. The normalized spacial score (nSPS) is 14.6. The molecule has 1 aliphatic carbocycles. The SMILES string of the molecule is CC(C)OC1=C(c2ccc(C#N)cc2)CC1. The summed E-state index contributed by atoms with van der Waals surface area (Å²) in [5.41, 5.74) is 3.18. The predicted molar refractivity (Wildman–Crippen MR) is 63.5 cm³/mol. The zero-order valence-electron chi connectivity index (χ0n) is 9.66. The van der Waals surface area contributed by atoms with E-state index in [1.807, 2.05) is 38.1 Å².